The summed E-state index contributed by atoms with van der Waals surface area (Å²) in [4.78, 5) is 20.7. The van der Waals surface area contributed by atoms with Gasteiger partial charge in [-0.15, -0.1) is 0 Å². The number of anilines is 1. The van der Waals surface area contributed by atoms with E-state index in [-0.39, 0.29) is 6.03 Å². The molecule has 2 aliphatic heterocycles. The molecule has 0 atom stereocenters. The van der Waals surface area contributed by atoms with Crippen molar-refractivity contribution in [1.82, 2.24) is 15.2 Å². The molecular formula is C20H21N5O3. The number of carbonyl (C=O) groups excluding carboxylic acids is 1. The van der Waals surface area contributed by atoms with Crippen LogP contribution < -0.4 is 19.7 Å². The highest BCUT2D eigenvalue weighted by atomic mass is 16.6. The fraction of sp³-hybridized carbons (Fsp3) is 0.350. The van der Waals surface area contributed by atoms with Crippen LogP contribution in [0.2, 0.25) is 0 Å². The molecule has 0 aliphatic carbocycles. The van der Waals surface area contributed by atoms with Gasteiger partial charge in [0.15, 0.2) is 11.5 Å². The van der Waals surface area contributed by atoms with Crippen LogP contribution in [0, 0.1) is 11.3 Å². The minimum Gasteiger partial charge on any atom is -0.486 e. The molecule has 1 fully saturated rings. The van der Waals surface area contributed by atoms with E-state index in [0.717, 1.165) is 22.9 Å². The van der Waals surface area contributed by atoms with Gasteiger partial charge < -0.3 is 24.6 Å². The van der Waals surface area contributed by atoms with E-state index in [1.54, 1.807) is 23.2 Å². The first-order valence-electron chi connectivity index (χ1n) is 9.25. The first-order chi connectivity index (χ1) is 13.7. The number of pyridine rings is 1. The Bertz CT molecular complexity index is 903. The van der Waals surface area contributed by atoms with Gasteiger partial charge in [-0.2, -0.15) is 5.26 Å². The highest BCUT2D eigenvalue weighted by Gasteiger charge is 2.22. The number of piperazine rings is 1. The van der Waals surface area contributed by atoms with Crippen LogP contribution >= 0.6 is 0 Å². The third-order valence-electron chi connectivity index (χ3n) is 4.82. The number of aromatic nitrogens is 1. The van der Waals surface area contributed by atoms with Gasteiger partial charge in [-0.05, 0) is 29.8 Å². The number of nitriles is 1. The van der Waals surface area contributed by atoms with Crippen LogP contribution in [0.5, 0.6) is 11.5 Å². The second-order valence-electron chi connectivity index (χ2n) is 6.63. The van der Waals surface area contributed by atoms with E-state index in [2.05, 4.69) is 21.3 Å². The summed E-state index contributed by atoms with van der Waals surface area (Å²) >= 11 is 0. The maximum Gasteiger partial charge on any atom is 0.317 e. The van der Waals surface area contributed by atoms with Crippen LogP contribution in [0.4, 0.5) is 10.6 Å². The minimum absolute atomic E-state index is 0.0896. The fourth-order valence-corrected chi connectivity index (χ4v) is 3.29. The molecule has 0 bridgehead atoms. The molecule has 3 heterocycles. The molecule has 1 saturated heterocycles. The zero-order chi connectivity index (χ0) is 19.3. The van der Waals surface area contributed by atoms with Crippen LogP contribution in [-0.2, 0) is 6.54 Å². The topological polar surface area (TPSA) is 90.7 Å². The molecule has 2 aliphatic rings. The molecule has 2 aromatic rings. The van der Waals surface area contributed by atoms with Gasteiger partial charge in [0.25, 0.3) is 0 Å². The first-order valence-corrected chi connectivity index (χ1v) is 9.25. The summed E-state index contributed by atoms with van der Waals surface area (Å²) in [7, 11) is 0. The maximum atomic E-state index is 12.5. The van der Waals surface area contributed by atoms with Crippen LogP contribution in [-0.4, -0.2) is 55.3 Å². The Balaban J connectivity index is 1.29. The summed E-state index contributed by atoms with van der Waals surface area (Å²) in [6.45, 7) is 4.10. The quantitative estimate of drug-likeness (QED) is 0.874. The second-order valence-corrected chi connectivity index (χ2v) is 6.63. The lowest BCUT2D eigenvalue weighted by molar-refractivity contribution is 0.171. The van der Waals surface area contributed by atoms with Crippen molar-refractivity contribution < 1.29 is 14.3 Å². The Labute approximate surface area is 163 Å². The number of hydrogen-bond donors (Lipinski definition) is 1. The summed E-state index contributed by atoms with van der Waals surface area (Å²) in [5, 5.41) is 12.0. The lowest BCUT2D eigenvalue weighted by Crippen LogP contribution is -2.51. The van der Waals surface area contributed by atoms with Gasteiger partial charge in [0, 0.05) is 38.9 Å². The molecule has 4 rings (SSSR count). The average Bonchev–Trinajstić information content (AvgIpc) is 2.77. The van der Waals surface area contributed by atoms with Gasteiger partial charge in [-0.1, -0.05) is 6.07 Å². The Morgan fingerprint density at radius 3 is 2.68 bits per heavy atom. The summed E-state index contributed by atoms with van der Waals surface area (Å²) in [5.74, 6) is 2.24. The number of carbonyl (C=O) groups is 1. The van der Waals surface area contributed by atoms with E-state index in [1.165, 1.54) is 0 Å². The van der Waals surface area contributed by atoms with Gasteiger partial charge in [0.1, 0.15) is 19.0 Å². The monoisotopic (exact) mass is 379 g/mol. The average molecular weight is 379 g/mol. The van der Waals surface area contributed by atoms with Crippen molar-refractivity contribution in [1.29, 1.82) is 5.26 Å². The van der Waals surface area contributed by atoms with Crippen molar-refractivity contribution in [3.05, 3.63) is 47.7 Å². The predicted octanol–water partition coefficient (Wildman–Crippen LogP) is 1.76. The lowest BCUT2D eigenvalue weighted by atomic mass is 10.2. The Kier molecular flexibility index (Phi) is 5.15. The van der Waals surface area contributed by atoms with Crippen molar-refractivity contribution in [2.75, 3.05) is 44.3 Å². The fourth-order valence-electron chi connectivity index (χ4n) is 3.29. The van der Waals surface area contributed by atoms with Crippen molar-refractivity contribution in [2.45, 2.75) is 6.54 Å². The zero-order valence-corrected chi connectivity index (χ0v) is 15.4. The predicted molar refractivity (Wildman–Crippen MR) is 102 cm³/mol. The summed E-state index contributed by atoms with van der Waals surface area (Å²) < 4.78 is 11.1. The van der Waals surface area contributed by atoms with Gasteiger partial charge in [0.05, 0.1) is 11.6 Å². The van der Waals surface area contributed by atoms with E-state index < -0.39 is 0 Å². The molecule has 1 aromatic heterocycles. The van der Waals surface area contributed by atoms with E-state index in [9.17, 15) is 4.79 Å². The van der Waals surface area contributed by atoms with E-state index in [1.807, 2.05) is 18.2 Å². The third-order valence-corrected chi connectivity index (χ3v) is 4.82. The molecule has 0 spiro atoms. The second kappa shape index (κ2) is 8.05. The first kappa shape index (κ1) is 17.9. The molecule has 0 saturated carbocycles. The van der Waals surface area contributed by atoms with Crippen LogP contribution in [0.15, 0.2) is 36.5 Å². The van der Waals surface area contributed by atoms with Gasteiger partial charge in [0.2, 0.25) is 0 Å². The van der Waals surface area contributed by atoms with Crippen LogP contribution in [0.3, 0.4) is 0 Å². The van der Waals surface area contributed by atoms with Crippen molar-refractivity contribution >= 4 is 11.8 Å². The number of benzene rings is 1. The number of rotatable bonds is 3. The summed E-state index contributed by atoms with van der Waals surface area (Å²) in [6, 6.07) is 11.2. The largest absolute Gasteiger partial charge is 0.486 e. The standard InChI is InChI=1S/C20H21N5O3/c21-13-15-3-4-22-19(12-15)24-5-7-25(8-6-24)20(26)23-14-16-1-2-17-18(11-16)28-10-9-27-17/h1-4,11-12H,5-10,14H2,(H,23,26). The molecule has 1 aromatic carbocycles. The van der Waals surface area contributed by atoms with Crippen LogP contribution in [0.1, 0.15) is 11.1 Å². The molecule has 2 amide bonds. The highest BCUT2D eigenvalue weighted by Crippen LogP contribution is 2.30. The van der Waals surface area contributed by atoms with E-state index in [4.69, 9.17) is 14.7 Å². The Hall–Kier alpha value is -3.47. The number of hydrogen-bond acceptors (Lipinski definition) is 6. The number of nitrogens with zero attached hydrogens (tertiary/aromatic N) is 4. The Morgan fingerprint density at radius 2 is 1.89 bits per heavy atom. The molecule has 0 unspecified atom stereocenters. The molecule has 144 valence electrons. The number of ether oxygens (including phenoxy) is 2. The van der Waals surface area contributed by atoms with Crippen molar-refractivity contribution in [3.63, 3.8) is 0 Å². The number of fused-ring (bicyclic) bond motifs is 1. The molecule has 28 heavy (non-hydrogen) atoms. The number of nitrogens with one attached hydrogen (secondary N) is 1. The Morgan fingerprint density at radius 1 is 1.11 bits per heavy atom. The summed E-state index contributed by atoms with van der Waals surface area (Å²) in [6.07, 6.45) is 1.64. The molecule has 1 N–H and O–H groups in total. The van der Waals surface area contributed by atoms with E-state index >= 15 is 0 Å². The van der Waals surface area contributed by atoms with Gasteiger partial charge in [-0.3, -0.25) is 0 Å². The minimum atomic E-state index is -0.0896. The normalized spacial score (nSPS) is 15.7. The maximum absolute atomic E-state index is 12.5. The molecular weight excluding hydrogens is 358 g/mol. The van der Waals surface area contributed by atoms with Crippen molar-refractivity contribution in [2.24, 2.45) is 0 Å². The van der Waals surface area contributed by atoms with Crippen molar-refractivity contribution in [3.8, 4) is 17.6 Å². The zero-order valence-electron chi connectivity index (χ0n) is 15.4. The number of amides is 2. The van der Waals surface area contributed by atoms with E-state index in [0.29, 0.717) is 51.5 Å². The number of urea groups is 1. The molecule has 8 nitrogen and oxygen atoms in total. The molecule has 0 radical (unpaired) electrons. The lowest BCUT2D eigenvalue weighted by Gasteiger charge is -2.35. The smallest absolute Gasteiger partial charge is 0.317 e. The SMILES string of the molecule is N#Cc1ccnc(N2CCN(C(=O)NCc3ccc4c(c3)OCCO4)CC2)c1. The third kappa shape index (κ3) is 3.93. The van der Waals surface area contributed by atoms with Crippen LogP contribution in [0.25, 0.3) is 0 Å². The van der Waals surface area contributed by atoms with Gasteiger partial charge in [-0.25, -0.2) is 9.78 Å². The highest BCUT2D eigenvalue weighted by molar-refractivity contribution is 5.74. The molecule has 8 heteroatoms. The summed E-state index contributed by atoms with van der Waals surface area (Å²) in [5.41, 5.74) is 1.55. The van der Waals surface area contributed by atoms with Gasteiger partial charge >= 0.3 is 6.03 Å².